The van der Waals surface area contributed by atoms with Gasteiger partial charge in [0, 0.05) is 5.25 Å². The van der Waals surface area contributed by atoms with Gasteiger partial charge in [-0.25, -0.2) is 0 Å². The van der Waals surface area contributed by atoms with Gasteiger partial charge in [-0.2, -0.15) is 12.6 Å². The molecule has 4 aliphatic carbocycles. The fraction of sp³-hybridized carbons (Fsp3) is 0.926. The maximum absolute atomic E-state index is 4.81. The average molecular weight is 403 g/mol. The number of rotatable bonds is 5. The van der Waals surface area contributed by atoms with Crippen molar-refractivity contribution in [3.8, 4) is 0 Å². The Morgan fingerprint density at radius 3 is 2.50 bits per heavy atom. The third-order valence-corrected chi connectivity index (χ3v) is 10.7. The second kappa shape index (κ2) is 7.97. The highest BCUT2D eigenvalue weighted by molar-refractivity contribution is 7.81. The van der Waals surface area contributed by atoms with Crippen LogP contribution in [0, 0.1) is 46.3 Å². The first-order valence-electron chi connectivity index (χ1n) is 12.6. The molecule has 3 fully saturated rings. The van der Waals surface area contributed by atoms with E-state index in [1.807, 2.05) is 0 Å². The van der Waals surface area contributed by atoms with Crippen LogP contribution >= 0.6 is 12.6 Å². The SMILES string of the molecule is CC(C)CCC[C@@H](C)[C@H]1CC[C@H]2[C@@H]3CCC4=C[C@@H](S)CC[C@]4(C)[C@@H]3CC[C@]12C. The number of allylic oxidation sites excluding steroid dienone is 1. The second-order valence-electron chi connectivity index (χ2n) is 12.2. The van der Waals surface area contributed by atoms with Gasteiger partial charge in [0.15, 0.2) is 0 Å². The van der Waals surface area contributed by atoms with Crippen LogP contribution in [-0.4, -0.2) is 5.25 Å². The molecule has 160 valence electrons. The minimum atomic E-state index is 0.504. The van der Waals surface area contributed by atoms with Gasteiger partial charge in [-0.05, 0) is 97.7 Å². The highest BCUT2D eigenvalue weighted by Gasteiger charge is 2.59. The van der Waals surface area contributed by atoms with E-state index in [9.17, 15) is 0 Å². The highest BCUT2D eigenvalue weighted by Crippen LogP contribution is 2.67. The molecule has 0 N–H and O–H groups in total. The zero-order chi connectivity index (χ0) is 20.1. The number of fused-ring (bicyclic) bond motifs is 5. The Balaban J connectivity index is 1.48. The van der Waals surface area contributed by atoms with Crippen LogP contribution < -0.4 is 0 Å². The summed E-state index contributed by atoms with van der Waals surface area (Å²) in [5, 5.41) is 0.524. The fourth-order valence-corrected chi connectivity index (χ4v) is 9.04. The van der Waals surface area contributed by atoms with E-state index in [2.05, 4.69) is 40.7 Å². The Bertz CT molecular complexity index is 591. The molecule has 3 saturated carbocycles. The Morgan fingerprint density at radius 1 is 0.964 bits per heavy atom. The molecule has 0 bridgehead atoms. The lowest BCUT2D eigenvalue weighted by molar-refractivity contribution is -0.0590. The van der Waals surface area contributed by atoms with E-state index in [4.69, 9.17) is 12.6 Å². The first kappa shape index (κ1) is 21.3. The van der Waals surface area contributed by atoms with E-state index in [-0.39, 0.29) is 0 Å². The molecule has 0 amide bonds. The number of hydrogen-bond donors (Lipinski definition) is 1. The van der Waals surface area contributed by atoms with Crippen molar-refractivity contribution in [2.75, 3.05) is 0 Å². The van der Waals surface area contributed by atoms with Crippen molar-refractivity contribution in [2.45, 2.75) is 110 Å². The van der Waals surface area contributed by atoms with Crippen LogP contribution in [0.5, 0.6) is 0 Å². The minimum Gasteiger partial charge on any atom is -0.172 e. The summed E-state index contributed by atoms with van der Waals surface area (Å²) in [6.45, 7) is 12.7. The summed E-state index contributed by atoms with van der Waals surface area (Å²) < 4.78 is 0. The zero-order valence-electron chi connectivity index (χ0n) is 19.3. The lowest BCUT2D eigenvalue weighted by atomic mass is 9.46. The summed E-state index contributed by atoms with van der Waals surface area (Å²) in [5.41, 5.74) is 2.93. The van der Waals surface area contributed by atoms with E-state index in [0.29, 0.717) is 16.1 Å². The Morgan fingerprint density at radius 2 is 1.75 bits per heavy atom. The van der Waals surface area contributed by atoms with Crippen molar-refractivity contribution < 1.29 is 0 Å². The van der Waals surface area contributed by atoms with E-state index in [1.54, 1.807) is 5.57 Å². The summed E-state index contributed by atoms with van der Waals surface area (Å²) in [5.74, 6) is 5.76. The molecule has 0 spiro atoms. The van der Waals surface area contributed by atoms with E-state index in [0.717, 1.165) is 35.5 Å². The van der Waals surface area contributed by atoms with Gasteiger partial charge < -0.3 is 0 Å². The average Bonchev–Trinajstić information content (AvgIpc) is 2.99. The van der Waals surface area contributed by atoms with Crippen molar-refractivity contribution in [2.24, 2.45) is 46.3 Å². The molecule has 0 aromatic heterocycles. The highest BCUT2D eigenvalue weighted by atomic mass is 32.1. The van der Waals surface area contributed by atoms with Crippen LogP contribution in [0.4, 0.5) is 0 Å². The molecule has 0 radical (unpaired) electrons. The normalized spacial score (nSPS) is 46.5. The zero-order valence-corrected chi connectivity index (χ0v) is 20.2. The van der Waals surface area contributed by atoms with Crippen LogP contribution in [0.2, 0.25) is 0 Å². The molecular weight excluding hydrogens is 356 g/mol. The molecule has 0 saturated heterocycles. The number of hydrogen-bond acceptors (Lipinski definition) is 1. The quantitative estimate of drug-likeness (QED) is 0.347. The molecule has 4 rings (SSSR count). The molecule has 0 aromatic rings. The van der Waals surface area contributed by atoms with Gasteiger partial charge in [-0.3, -0.25) is 0 Å². The van der Waals surface area contributed by atoms with E-state index < -0.39 is 0 Å². The van der Waals surface area contributed by atoms with Crippen molar-refractivity contribution in [3.63, 3.8) is 0 Å². The molecule has 8 atom stereocenters. The summed E-state index contributed by atoms with van der Waals surface area (Å²) in [6, 6.07) is 0. The summed E-state index contributed by atoms with van der Waals surface area (Å²) in [7, 11) is 0. The molecule has 28 heavy (non-hydrogen) atoms. The Hall–Kier alpha value is 0.0900. The van der Waals surface area contributed by atoms with Crippen molar-refractivity contribution in [1.82, 2.24) is 0 Å². The van der Waals surface area contributed by atoms with Crippen molar-refractivity contribution in [1.29, 1.82) is 0 Å². The molecule has 4 aliphatic rings. The Labute approximate surface area is 181 Å². The van der Waals surface area contributed by atoms with Crippen LogP contribution in [0.25, 0.3) is 0 Å². The largest absolute Gasteiger partial charge is 0.172 e. The number of thiol groups is 1. The van der Waals surface area contributed by atoms with Crippen molar-refractivity contribution >= 4 is 12.6 Å². The van der Waals surface area contributed by atoms with Crippen LogP contribution in [0.1, 0.15) is 105 Å². The molecule has 0 unspecified atom stereocenters. The molecule has 1 heteroatoms. The van der Waals surface area contributed by atoms with Gasteiger partial charge in [-0.1, -0.05) is 65.5 Å². The first-order valence-corrected chi connectivity index (χ1v) is 13.2. The maximum Gasteiger partial charge on any atom is 0.0199 e. The molecule has 0 aliphatic heterocycles. The molecule has 0 nitrogen and oxygen atoms in total. The van der Waals surface area contributed by atoms with Gasteiger partial charge in [0.25, 0.3) is 0 Å². The summed E-state index contributed by atoms with van der Waals surface area (Å²) >= 11 is 4.81. The standard InChI is InChI=1S/C27H46S/c1-18(2)7-6-8-19(3)23-11-12-24-22-10-9-20-17-21(28)13-15-26(20,4)25(22)14-16-27(23,24)5/h17-19,21-25,28H,6-16H2,1-5H3/t19-,21+,22+,23-,24+,25-,26+,27-/m1/s1. The molecule has 0 heterocycles. The lowest BCUT2D eigenvalue weighted by Gasteiger charge is -2.59. The summed E-state index contributed by atoms with van der Waals surface area (Å²) in [4.78, 5) is 0. The smallest absolute Gasteiger partial charge is 0.0199 e. The van der Waals surface area contributed by atoms with Gasteiger partial charge in [0.1, 0.15) is 0 Å². The summed E-state index contributed by atoms with van der Waals surface area (Å²) in [6.07, 6.45) is 18.5. The van der Waals surface area contributed by atoms with Gasteiger partial charge >= 0.3 is 0 Å². The van der Waals surface area contributed by atoms with Gasteiger partial charge in [0.2, 0.25) is 0 Å². The van der Waals surface area contributed by atoms with Gasteiger partial charge in [0.05, 0.1) is 0 Å². The van der Waals surface area contributed by atoms with Crippen LogP contribution in [-0.2, 0) is 0 Å². The lowest BCUT2D eigenvalue weighted by Crippen LogP contribution is -2.51. The molecular formula is C27H46S. The van der Waals surface area contributed by atoms with E-state index in [1.165, 1.54) is 70.6 Å². The van der Waals surface area contributed by atoms with Crippen molar-refractivity contribution in [3.05, 3.63) is 11.6 Å². The monoisotopic (exact) mass is 402 g/mol. The minimum absolute atomic E-state index is 0.504. The third kappa shape index (κ3) is 3.54. The third-order valence-electron chi connectivity index (χ3n) is 10.3. The topological polar surface area (TPSA) is 0 Å². The van der Waals surface area contributed by atoms with Gasteiger partial charge in [-0.15, -0.1) is 0 Å². The molecule has 0 aromatic carbocycles. The first-order chi connectivity index (χ1) is 13.3. The predicted octanol–water partition coefficient (Wildman–Crippen LogP) is 8.33. The predicted molar refractivity (Wildman–Crippen MR) is 126 cm³/mol. The maximum atomic E-state index is 4.81. The second-order valence-corrected chi connectivity index (χ2v) is 12.8. The Kier molecular flexibility index (Phi) is 6.07. The fourth-order valence-electron chi connectivity index (χ4n) is 8.73. The van der Waals surface area contributed by atoms with Crippen LogP contribution in [0.15, 0.2) is 11.6 Å². The van der Waals surface area contributed by atoms with Crippen LogP contribution in [0.3, 0.4) is 0 Å². The van der Waals surface area contributed by atoms with E-state index >= 15 is 0 Å².